The number of hydrogen-bond donors (Lipinski definition) is 0. The molecular formula is C19H16F3N3O2. The third kappa shape index (κ3) is 4.16. The highest BCUT2D eigenvalue weighted by molar-refractivity contribution is 5.75. The second-order valence-corrected chi connectivity index (χ2v) is 5.93. The van der Waals surface area contributed by atoms with E-state index < -0.39 is 17.7 Å². The van der Waals surface area contributed by atoms with E-state index in [1.54, 1.807) is 38.1 Å². The van der Waals surface area contributed by atoms with Crippen molar-refractivity contribution in [2.24, 2.45) is 0 Å². The summed E-state index contributed by atoms with van der Waals surface area (Å²) in [6.07, 6.45) is -3.70. The maximum atomic E-state index is 12.7. The van der Waals surface area contributed by atoms with Gasteiger partial charge in [0.25, 0.3) is 0 Å². The number of benzene rings is 1. The van der Waals surface area contributed by atoms with E-state index in [4.69, 9.17) is 4.74 Å². The largest absolute Gasteiger partial charge is 0.426 e. The molecule has 5 nitrogen and oxygen atoms in total. The first kappa shape index (κ1) is 18.6. The summed E-state index contributed by atoms with van der Waals surface area (Å²) >= 11 is 0. The van der Waals surface area contributed by atoms with Crippen molar-refractivity contribution in [1.29, 1.82) is 0 Å². The van der Waals surface area contributed by atoms with Gasteiger partial charge in [0.1, 0.15) is 5.75 Å². The molecule has 0 spiro atoms. The smallest absolute Gasteiger partial charge is 0.417 e. The summed E-state index contributed by atoms with van der Waals surface area (Å²) < 4.78 is 44.7. The van der Waals surface area contributed by atoms with E-state index in [2.05, 4.69) is 10.1 Å². The van der Waals surface area contributed by atoms with Gasteiger partial charge in [-0.25, -0.2) is 9.67 Å². The Morgan fingerprint density at radius 2 is 1.81 bits per heavy atom. The first-order valence-corrected chi connectivity index (χ1v) is 8.10. The van der Waals surface area contributed by atoms with Crippen LogP contribution in [0.4, 0.5) is 13.2 Å². The van der Waals surface area contributed by atoms with Gasteiger partial charge in [0.05, 0.1) is 17.7 Å². The zero-order valence-electron chi connectivity index (χ0n) is 14.6. The number of carbonyl (C=O) groups excluding carboxylic acids is 1. The Morgan fingerprint density at radius 3 is 2.41 bits per heavy atom. The number of halogens is 3. The van der Waals surface area contributed by atoms with Gasteiger partial charge >= 0.3 is 12.1 Å². The van der Waals surface area contributed by atoms with Gasteiger partial charge in [-0.2, -0.15) is 18.3 Å². The van der Waals surface area contributed by atoms with Crippen molar-refractivity contribution in [2.45, 2.75) is 26.4 Å². The Balaban J connectivity index is 1.81. The average Bonchev–Trinajstić information content (AvgIpc) is 2.90. The number of aromatic nitrogens is 3. The van der Waals surface area contributed by atoms with Gasteiger partial charge in [-0.05, 0) is 38.1 Å². The number of nitrogens with zero attached hydrogens (tertiary/aromatic N) is 3. The number of rotatable bonds is 4. The molecule has 2 heterocycles. The Hall–Kier alpha value is -3.16. The van der Waals surface area contributed by atoms with Crippen LogP contribution in [-0.4, -0.2) is 20.7 Å². The molecule has 1 aromatic carbocycles. The number of carbonyl (C=O) groups is 1. The SMILES string of the molecule is Cc1nn(-c2ccc(C(F)(F)F)cn2)c(C)c1CC(=O)Oc1ccccc1. The van der Waals surface area contributed by atoms with Crippen molar-refractivity contribution in [2.75, 3.05) is 0 Å². The molecule has 8 heteroatoms. The van der Waals surface area contributed by atoms with Crippen LogP contribution in [-0.2, 0) is 17.4 Å². The van der Waals surface area contributed by atoms with Gasteiger partial charge < -0.3 is 4.74 Å². The molecule has 0 radical (unpaired) electrons. The van der Waals surface area contributed by atoms with E-state index in [0.717, 1.165) is 12.3 Å². The summed E-state index contributed by atoms with van der Waals surface area (Å²) in [4.78, 5) is 16.0. The standard InChI is InChI=1S/C19H16F3N3O2/c1-12-16(10-18(26)27-15-6-4-3-5-7-15)13(2)25(24-12)17-9-8-14(11-23-17)19(20,21)22/h3-9,11H,10H2,1-2H3. The lowest BCUT2D eigenvalue weighted by Gasteiger charge is -2.08. The molecule has 0 aliphatic heterocycles. The van der Waals surface area contributed by atoms with Crippen LogP contribution in [0.1, 0.15) is 22.5 Å². The van der Waals surface area contributed by atoms with E-state index in [9.17, 15) is 18.0 Å². The zero-order valence-corrected chi connectivity index (χ0v) is 14.6. The summed E-state index contributed by atoms with van der Waals surface area (Å²) in [5.74, 6) is 0.230. The Morgan fingerprint density at radius 1 is 1.11 bits per heavy atom. The lowest BCUT2D eigenvalue weighted by molar-refractivity contribution is -0.138. The maximum absolute atomic E-state index is 12.7. The highest BCUT2D eigenvalue weighted by Gasteiger charge is 2.30. The molecule has 27 heavy (non-hydrogen) atoms. The fourth-order valence-corrected chi connectivity index (χ4v) is 2.63. The van der Waals surface area contributed by atoms with Crippen LogP contribution >= 0.6 is 0 Å². The Labute approximate surface area is 153 Å². The maximum Gasteiger partial charge on any atom is 0.417 e. The Bertz CT molecular complexity index is 949. The van der Waals surface area contributed by atoms with Crippen LogP contribution in [0.25, 0.3) is 5.82 Å². The van der Waals surface area contributed by atoms with Gasteiger partial charge in [0.15, 0.2) is 5.82 Å². The third-order valence-corrected chi connectivity index (χ3v) is 4.03. The van der Waals surface area contributed by atoms with E-state index in [0.29, 0.717) is 22.7 Å². The average molecular weight is 375 g/mol. The number of para-hydroxylation sites is 1. The topological polar surface area (TPSA) is 57.0 Å². The molecule has 2 aromatic heterocycles. The van der Waals surface area contributed by atoms with Crippen molar-refractivity contribution in [1.82, 2.24) is 14.8 Å². The van der Waals surface area contributed by atoms with Crippen LogP contribution in [0.2, 0.25) is 0 Å². The molecule has 0 saturated heterocycles. The highest BCUT2D eigenvalue weighted by atomic mass is 19.4. The van der Waals surface area contributed by atoms with Crippen LogP contribution in [0.3, 0.4) is 0 Å². The molecule has 0 aliphatic carbocycles. The number of ether oxygens (including phenoxy) is 1. The Kier molecular flexibility index (Phi) is 4.98. The second kappa shape index (κ2) is 7.22. The molecular weight excluding hydrogens is 359 g/mol. The normalized spacial score (nSPS) is 11.4. The lowest BCUT2D eigenvalue weighted by Crippen LogP contribution is -2.12. The number of aryl methyl sites for hydroxylation is 1. The van der Waals surface area contributed by atoms with Crippen LogP contribution in [0.5, 0.6) is 5.75 Å². The molecule has 0 unspecified atom stereocenters. The van der Waals surface area contributed by atoms with Crippen molar-refractivity contribution < 1.29 is 22.7 Å². The highest BCUT2D eigenvalue weighted by Crippen LogP contribution is 2.29. The molecule has 0 atom stereocenters. The quantitative estimate of drug-likeness (QED) is 0.510. The summed E-state index contributed by atoms with van der Waals surface area (Å²) in [7, 11) is 0. The van der Waals surface area contributed by atoms with Crippen molar-refractivity contribution in [3.05, 3.63) is 71.2 Å². The van der Waals surface area contributed by atoms with Gasteiger partial charge in [0.2, 0.25) is 0 Å². The minimum absolute atomic E-state index is 0.00675. The fraction of sp³-hybridized carbons (Fsp3) is 0.211. The summed E-state index contributed by atoms with van der Waals surface area (Å²) in [5, 5.41) is 4.30. The van der Waals surface area contributed by atoms with Crippen LogP contribution in [0, 0.1) is 13.8 Å². The molecule has 3 aromatic rings. The number of esters is 1. The molecule has 0 saturated carbocycles. The van der Waals surface area contributed by atoms with Gasteiger partial charge in [-0.1, -0.05) is 18.2 Å². The third-order valence-electron chi connectivity index (χ3n) is 4.03. The lowest BCUT2D eigenvalue weighted by atomic mass is 10.1. The molecule has 3 rings (SSSR count). The minimum Gasteiger partial charge on any atom is -0.426 e. The number of alkyl halides is 3. The molecule has 0 bridgehead atoms. The zero-order chi connectivity index (χ0) is 19.6. The van der Waals surface area contributed by atoms with Gasteiger partial charge in [0, 0.05) is 17.5 Å². The number of pyridine rings is 1. The molecule has 0 N–H and O–H groups in total. The van der Waals surface area contributed by atoms with Crippen LogP contribution < -0.4 is 4.74 Å². The second-order valence-electron chi connectivity index (χ2n) is 5.93. The van der Waals surface area contributed by atoms with Gasteiger partial charge in [-0.15, -0.1) is 0 Å². The summed E-state index contributed by atoms with van der Waals surface area (Å²) in [6.45, 7) is 3.45. The predicted molar refractivity (Wildman–Crippen MR) is 91.6 cm³/mol. The molecule has 140 valence electrons. The summed E-state index contributed by atoms with van der Waals surface area (Å²) in [6, 6.07) is 10.9. The monoisotopic (exact) mass is 375 g/mol. The minimum atomic E-state index is -4.45. The first-order valence-electron chi connectivity index (χ1n) is 8.10. The van der Waals surface area contributed by atoms with E-state index in [-0.39, 0.29) is 12.2 Å². The number of hydrogen-bond acceptors (Lipinski definition) is 4. The van der Waals surface area contributed by atoms with Crippen molar-refractivity contribution >= 4 is 5.97 Å². The van der Waals surface area contributed by atoms with E-state index >= 15 is 0 Å². The van der Waals surface area contributed by atoms with Crippen LogP contribution in [0.15, 0.2) is 48.7 Å². The first-order chi connectivity index (χ1) is 12.8. The molecule has 0 fully saturated rings. The van der Waals surface area contributed by atoms with E-state index in [1.165, 1.54) is 10.7 Å². The molecule has 0 amide bonds. The molecule has 0 aliphatic rings. The summed E-state index contributed by atoms with van der Waals surface area (Å²) in [5.41, 5.74) is 1.01. The van der Waals surface area contributed by atoms with Gasteiger partial charge in [-0.3, -0.25) is 4.79 Å². The van der Waals surface area contributed by atoms with E-state index in [1.807, 2.05) is 6.07 Å². The fourth-order valence-electron chi connectivity index (χ4n) is 2.63. The van der Waals surface area contributed by atoms with Crippen molar-refractivity contribution in [3.63, 3.8) is 0 Å². The van der Waals surface area contributed by atoms with Crippen molar-refractivity contribution in [3.8, 4) is 11.6 Å². The predicted octanol–water partition coefficient (Wildman–Crippen LogP) is 4.05.